The predicted octanol–water partition coefficient (Wildman–Crippen LogP) is 5.40. The summed E-state index contributed by atoms with van der Waals surface area (Å²) in [7, 11) is 1.67. The monoisotopic (exact) mass is 481 g/mol. The van der Waals surface area contributed by atoms with Crippen molar-refractivity contribution in [3.63, 3.8) is 0 Å². The number of carbonyl (C=O) groups excluding carboxylic acids is 1. The van der Waals surface area contributed by atoms with Crippen LogP contribution < -0.4 is 4.74 Å². The SMILES string of the molecule is COc1ccc(-c2nnc(SC(C)C(=O)C34CC5CC(CC(C5)C3)C4)n2CC2CCCO2)cc1. The molecule has 1 aliphatic heterocycles. The van der Waals surface area contributed by atoms with E-state index in [1.54, 1.807) is 18.9 Å². The van der Waals surface area contributed by atoms with Gasteiger partial charge in [0.1, 0.15) is 5.75 Å². The highest BCUT2D eigenvalue weighted by atomic mass is 32.2. The third kappa shape index (κ3) is 4.09. The van der Waals surface area contributed by atoms with Crippen molar-refractivity contribution in [3.8, 4) is 17.1 Å². The number of rotatable bonds is 8. The number of methoxy groups -OCH3 is 1. The van der Waals surface area contributed by atoms with Gasteiger partial charge in [0.15, 0.2) is 16.8 Å². The number of benzene rings is 1. The van der Waals surface area contributed by atoms with Gasteiger partial charge in [-0.3, -0.25) is 9.36 Å². The molecule has 0 radical (unpaired) electrons. The molecule has 182 valence electrons. The van der Waals surface area contributed by atoms with Gasteiger partial charge in [0, 0.05) is 17.6 Å². The molecule has 0 amide bonds. The van der Waals surface area contributed by atoms with Crippen LogP contribution in [0.3, 0.4) is 0 Å². The molecule has 1 saturated heterocycles. The molecule has 4 bridgehead atoms. The summed E-state index contributed by atoms with van der Waals surface area (Å²) in [5.74, 6) is 4.43. The number of aromatic nitrogens is 3. The van der Waals surface area contributed by atoms with E-state index in [-0.39, 0.29) is 16.8 Å². The summed E-state index contributed by atoms with van der Waals surface area (Å²) >= 11 is 1.59. The van der Waals surface area contributed by atoms with Crippen molar-refractivity contribution in [2.24, 2.45) is 23.2 Å². The maximum absolute atomic E-state index is 13.9. The zero-order chi connectivity index (χ0) is 23.3. The predicted molar refractivity (Wildman–Crippen MR) is 132 cm³/mol. The smallest absolute Gasteiger partial charge is 0.192 e. The van der Waals surface area contributed by atoms with Gasteiger partial charge in [-0.1, -0.05) is 11.8 Å². The quantitative estimate of drug-likeness (QED) is 0.471. The molecule has 1 aromatic heterocycles. The van der Waals surface area contributed by atoms with Crippen LogP contribution in [-0.2, 0) is 16.1 Å². The molecule has 0 spiro atoms. The summed E-state index contributed by atoms with van der Waals surface area (Å²) in [6, 6.07) is 7.94. The lowest BCUT2D eigenvalue weighted by Gasteiger charge is -2.56. The van der Waals surface area contributed by atoms with Crippen LogP contribution in [0, 0.1) is 23.2 Å². The Kier molecular flexibility index (Phi) is 5.96. The van der Waals surface area contributed by atoms with Gasteiger partial charge in [0.05, 0.1) is 25.0 Å². The topological polar surface area (TPSA) is 66.2 Å². The Morgan fingerprint density at radius 2 is 1.82 bits per heavy atom. The number of nitrogens with zero attached hydrogens (tertiary/aromatic N) is 3. The lowest BCUT2D eigenvalue weighted by molar-refractivity contribution is -0.143. The number of hydrogen-bond donors (Lipinski definition) is 0. The zero-order valence-electron chi connectivity index (χ0n) is 20.2. The Morgan fingerprint density at radius 3 is 2.41 bits per heavy atom. The second kappa shape index (κ2) is 8.98. The van der Waals surface area contributed by atoms with E-state index in [4.69, 9.17) is 9.47 Å². The second-order valence-corrected chi connectivity index (χ2v) is 12.4. The van der Waals surface area contributed by atoms with Gasteiger partial charge >= 0.3 is 0 Å². The third-order valence-corrected chi connectivity index (χ3v) is 9.77. The molecule has 6 nitrogen and oxygen atoms in total. The maximum Gasteiger partial charge on any atom is 0.192 e. The van der Waals surface area contributed by atoms with E-state index >= 15 is 0 Å². The molecule has 4 saturated carbocycles. The molecular formula is C27H35N3O3S. The van der Waals surface area contributed by atoms with Gasteiger partial charge in [-0.2, -0.15) is 0 Å². The minimum absolute atomic E-state index is 0.0839. The molecule has 7 heteroatoms. The Bertz CT molecular complexity index is 1010. The molecule has 4 aliphatic carbocycles. The number of Topliss-reactive ketones (excluding diaryl/α,β-unsaturated/α-hetero) is 1. The van der Waals surface area contributed by atoms with Crippen LogP contribution in [0.15, 0.2) is 29.4 Å². The van der Waals surface area contributed by atoms with Crippen molar-refractivity contribution in [3.05, 3.63) is 24.3 Å². The maximum atomic E-state index is 13.9. The van der Waals surface area contributed by atoms with Gasteiger partial charge < -0.3 is 9.47 Å². The van der Waals surface area contributed by atoms with Crippen molar-refractivity contribution in [1.29, 1.82) is 0 Å². The Morgan fingerprint density at radius 1 is 1.15 bits per heavy atom. The first kappa shape index (κ1) is 22.6. The van der Waals surface area contributed by atoms with Crippen molar-refractivity contribution in [2.75, 3.05) is 13.7 Å². The lowest BCUT2D eigenvalue weighted by atomic mass is 9.48. The van der Waals surface area contributed by atoms with Crippen molar-refractivity contribution in [1.82, 2.24) is 14.8 Å². The highest BCUT2D eigenvalue weighted by Crippen LogP contribution is 2.61. The normalized spacial score (nSPS) is 32.8. The fourth-order valence-corrected chi connectivity index (χ4v) is 8.59. The number of hydrogen-bond acceptors (Lipinski definition) is 6. The van der Waals surface area contributed by atoms with E-state index in [9.17, 15) is 4.79 Å². The minimum atomic E-state index is -0.118. The summed E-state index contributed by atoms with van der Waals surface area (Å²) in [6.07, 6.45) is 9.72. The second-order valence-electron chi connectivity index (χ2n) is 11.1. The first-order valence-electron chi connectivity index (χ1n) is 12.9. The molecule has 34 heavy (non-hydrogen) atoms. The Balaban J connectivity index is 1.25. The van der Waals surface area contributed by atoms with Crippen molar-refractivity contribution in [2.45, 2.75) is 81.3 Å². The third-order valence-electron chi connectivity index (χ3n) is 8.69. The molecule has 1 aromatic carbocycles. The van der Waals surface area contributed by atoms with E-state index < -0.39 is 0 Å². The van der Waals surface area contributed by atoms with Gasteiger partial charge in [0.25, 0.3) is 0 Å². The van der Waals surface area contributed by atoms with Crippen LogP contribution in [0.25, 0.3) is 11.4 Å². The zero-order valence-corrected chi connectivity index (χ0v) is 21.1. The summed E-state index contributed by atoms with van der Waals surface area (Å²) in [5.41, 5.74) is 0.914. The van der Waals surface area contributed by atoms with Crippen LogP contribution in [0.4, 0.5) is 0 Å². The lowest BCUT2D eigenvalue weighted by Crippen LogP contribution is -2.51. The van der Waals surface area contributed by atoms with Crippen molar-refractivity contribution < 1.29 is 14.3 Å². The first-order chi connectivity index (χ1) is 16.5. The van der Waals surface area contributed by atoms with Gasteiger partial charge in [-0.05, 0) is 100 Å². The van der Waals surface area contributed by atoms with Crippen LogP contribution >= 0.6 is 11.8 Å². The van der Waals surface area contributed by atoms with E-state index in [1.807, 2.05) is 24.3 Å². The number of ether oxygens (including phenoxy) is 2. The molecule has 2 heterocycles. The van der Waals surface area contributed by atoms with Gasteiger partial charge in [0.2, 0.25) is 0 Å². The van der Waals surface area contributed by atoms with E-state index in [2.05, 4.69) is 21.7 Å². The summed E-state index contributed by atoms with van der Waals surface area (Å²) in [4.78, 5) is 13.9. The van der Waals surface area contributed by atoms with Crippen LogP contribution in [-0.4, -0.2) is 45.6 Å². The highest BCUT2D eigenvalue weighted by molar-refractivity contribution is 8.00. The first-order valence-corrected chi connectivity index (χ1v) is 13.8. The largest absolute Gasteiger partial charge is 0.497 e. The van der Waals surface area contributed by atoms with E-state index in [0.717, 1.165) is 85.3 Å². The fourth-order valence-electron chi connectivity index (χ4n) is 7.54. The molecule has 2 atom stereocenters. The average molecular weight is 482 g/mol. The average Bonchev–Trinajstić information content (AvgIpc) is 3.48. The van der Waals surface area contributed by atoms with Crippen LogP contribution in [0.2, 0.25) is 0 Å². The molecule has 2 unspecified atom stereocenters. The highest BCUT2D eigenvalue weighted by Gasteiger charge is 2.55. The standard InChI is InChI=1S/C27H35N3O3S/c1-17(24(31)27-13-18-10-19(14-27)12-20(11-18)15-27)34-26-29-28-25(21-5-7-22(32-2)8-6-21)30(26)16-23-4-3-9-33-23/h5-8,17-20,23H,3-4,9-16H2,1-2H3. The minimum Gasteiger partial charge on any atom is -0.497 e. The summed E-state index contributed by atoms with van der Waals surface area (Å²) < 4.78 is 13.4. The molecule has 5 fully saturated rings. The summed E-state index contributed by atoms with van der Waals surface area (Å²) in [5, 5.41) is 9.86. The molecule has 7 rings (SSSR count). The van der Waals surface area contributed by atoms with E-state index in [1.165, 1.54) is 19.3 Å². The Labute approximate surface area is 206 Å². The van der Waals surface area contributed by atoms with Crippen LogP contribution in [0.1, 0.15) is 58.3 Å². The summed E-state index contributed by atoms with van der Waals surface area (Å²) in [6.45, 7) is 3.62. The van der Waals surface area contributed by atoms with Gasteiger partial charge in [-0.25, -0.2) is 0 Å². The number of carbonyl (C=O) groups is 1. The fraction of sp³-hybridized carbons (Fsp3) is 0.667. The molecular weight excluding hydrogens is 446 g/mol. The van der Waals surface area contributed by atoms with Gasteiger partial charge in [-0.15, -0.1) is 10.2 Å². The van der Waals surface area contributed by atoms with Crippen LogP contribution in [0.5, 0.6) is 5.75 Å². The molecule has 0 N–H and O–H groups in total. The molecule has 2 aromatic rings. The van der Waals surface area contributed by atoms with Crippen molar-refractivity contribution >= 4 is 17.5 Å². The Hall–Kier alpha value is -1.86. The number of thioether (sulfide) groups is 1. The van der Waals surface area contributed by atoms with E-state index in [0.29, 0.717) is 5.78 Å². The number of ketones is 1. The molecule has 5 aliphatic rings.